The van der Waals surface area contributed by atoms with E-state index in [1.165, 1.54) is 12.1 Å². The Kier molecular flexibility index (Phi) is 8.01. The molecule has 0 unspecified atom stereocenters. The van der Waals surface area contributed by atoms with Gasteiger partial charge in [-0.1, -0.05) is 0 Å². The van der Waals surface area contributed by atoms with Crippen LogP contribution in [0.15, 0.2) is 29.2 Å². The molecule has 0 aliphatic rings. The van der Waals surface area contributed by atoms with E-state index in [1.807, 2.05) is 14.0 Å². The average molecular weight is 343 g/mol. The van der Waals surface area contributed by atoms with Crippen LogP contribution in [0.2, 0.25) is 0 Å². The van der Waals surface area contributed by atoms with Crippen molar-refractivity contribution < 1.29 is 17.9 Å². The number of rotatable bonds is 10. The second-order valence-corrected chi connectivity index (χ2v) is 6.74. The topological polar surface area (TPSA) is 87.7 Å². The highest BCUT2D eigenvalue weighted by atomic mass is 32.2. The molecule has 0 heterocycles. The van der Waals surface area contributed by atoms with Crippen LogP contribution in [0.25, 0.3) is 0 Å². The number of hydrogen-bond acceptors (Lipinski definition) is 5. The summed E-state index contributed by atoms with van der Waals surface area (Å²) >= 11 is 0. The van der Waals surface area contributed by atoms with Gasteiger partial charge in [-0.05, 0) is 38.2 Å². The molecule has 0 fully saturated rings. The molecule has 0 spiro atoms. The molecule has 0 aromatic heterocycles. The van der Waals surface area contributed by atoms with E-state index < -0.39 is 10.0 Å². The van der Waals surface area contributed by atoms with Crippen molar-refractivity contribution in [2.24, 2.45) is 0 Å². The Morgan fingerprint density at radius 1 is 1.22 bits per heavy atom. The summed E-state index contributed by atoms with van der Waals surface area (Å²) in [7, 11) is -0.115. The Balaban J connectivity index is 2.50. The van der Waals surface area contributed by atoms with E-state index in [1.54, 1.807) is 24.1 Å². The third kappa shape index (κ3) is 6.55. The molecule has 1 amide bonds. The first-order valence-corrected chi connectivity index (χ1v) is 9.00. The van der Waals surface area contributed by atoms with Crippen molar-refractivity contribution in [1.29, 1.82) is 0 Å². The van der Waals surface area contributed by atoms with Crippen molar-refractivity contribution in [3.05, 3.63) is 24.3 Å². The van der Waals surface area contributed by atoms with Crippen molar-refractivity contribution >= 4 is 15.9 Å². The smallest absolute Gasteiger partial charge is 0.240 e. The summed E-state index contributed by atoms with van der Waals surface area (Å²) in [6, 6.07) is 6.17. The standard InChI is InChI=1S/C15H25N3O4S/c1-4-22-13-5-7-14(8-6-13)23(20,21)17-10-9-15(19)18(3)12-11-16-2/h5-8,16-17H,4,9-12H2,1-3H3. The van der Waals surface area contributed by atoms with Crippen molar-refractivity contribution in [1.82, 2.24) is 14.9 Å². The first-order valence-electron chi connectivity index (χ1n) is 7.51. The quantitative estimate of drug-likeness (QED) is 0.643. The van der Waals surface area contributed by atoms with Crippen LogP contribution in [0.5, 0.6) is 5.75 Å². The molecular formula is C15H25N3O4S. The molecule has 0 aliphatic heterocycles. The Morgan fingerprint density at radius 2 is 1.87 bits per heavy atom. The largest absolute Gasteiger partial charge is 0.494 e. The number of benzene rings is 1. The van der Waals surface area contributed by atoms with Crippen LogP contribution in [0.3, 0.4) is 0 Å². The van der Waals surface area contributed by atoms with E-state index in [2.05, 4.69) is 10.0 Å². The second kappa shape index (κ2) is 9.49. The van der Waals surface area contributed by atoms with Crippen molar-refractivity contribution in [2.45, 2.75) is 18.2 Å². The van der Waals surface area contributed by atoms with Gasteiger partial charge in [-0.25, -0.2) is 13.1 Å². The number of carbonyl (C=O) groups excluding carboxylic acids is 1. The van der Waals surface area contributed by atoms with Crippen LogP contribution < -0.4 is 14.8 Å². The lowest BCUT2D eigenvalue weighted by atomic mass is 10.3. The zero-order valence-electron chi connectivity index (χ0n) is 13.8. The summed E-state index contributed by atoms with van der Waals surface area (Å²) in [4.78, 5) is 13.6. The normalized spacial score (nSPS) is 11.3. The molecule has 23 heavy (non-hydrogen) atoms. The Bertz CT molecular complexity index is 587. The molecule has 0 saturated carbocycles. The monoisotopic (exact) mass is 343 g/mol. The minimum atomic E-state index is -3.62. The molecule has 130 valence electrons. The van der Waals surface area contributed by atoms with Crippen molar-refractivity contribution in [3.63, 3.8) is 0 Å². The third-order valence-electron chi connectivity index (χ3n) is 3.20. The van der Waals surface area contributed by atoms with Gasteiger partial charge in [0.1, 0.15) is 5.75 Å². The van der Waals surface area contributed by atoms with Gasteiger partial charge >= 0.3 is 0 Å². The van der Waals surface area contributed by atoms with Gasteiger partial charge in [-0.2, -0.15) is 0 Å². The number of likely N-dealkylation sites (N-methyl/N-ethyl adjacent to an activating group) is 2. The maximum Gasteiger partial charge on any atom is 0.240 e. The van der Waals surface area contributed by atoms with E-state index >= 15 is 0 Å². The summed E-state index contributed by atoms with van der Waals surface area (Å²) in [5.74, 6) is 0.516. The molecular weight excluding hydrogens is 318 g/mol. The fourth-order valence-electron chi connectivity index (χ4n) is 1.85. The van der Waals surface area contributed by atoms with Gasteiger partial charge < -0.3 is 15.0 Å². The van der Waals surface area contributed by atoms with E-state index in [9.17, 15) is 13.2 Å². The molecule has 0 bridgehead atoms. The van der Waals surface area contributed by atoms with Crippen LogP contribution in [-0.4, -0.2) is 59.6 Å². The predicted molar refractivity (Wildman–Crippen MR) is 89.0 cm³/mol. The fraction of sp³-hybridized carbons (Fsp3) is 0.533. The molecule has 1 aromatic rings. The molecule has 1 rings (SSSR count). The van der Waals surface area contributed by atoms with Gasteiger partial charge in [0.15, 0.2) is 0 Å². The predicted octanol–water partition coefficient (Wildman–Crippen LogP) is 0.432. The Labute approximate surface area is 138 Å². The fourth-order valence-corrected chi connectivity index (χ4v) is 2.88. The van der Waals surface area contributed by atoms with Crippen LogP contribution in [0.1, 0.15) is 13.3 Å². The number of nitrogens with one attached hydrogen (secondary N) is 2. The number of nitrogens with zero attached hydrogens (tertiary/aromatic N) is 1. The highest BCUT2D eigenvalue weighted by Gasteiger charge is 2.15. The number of carbonyl (C=O) groups is 1. The number of sulfonamides is 1. The van der Waals surface area contributed by atoms with Gasteiger partial charge in [0.05, 0.1) is 11.5 Å². The van der Waals surface area contributed by atoms with Crippen molar-refractivity contribution in [3.8, 4) is 5.75 Å². The first kappa shape index (κ1) is 19.4. The molecule has 0 saturated heterocycles. The van der Waals surface area contributed by atoms with Crippen LogP contribution in [0, 0.1) is 0 Å². The van der Waals surface area contributed by atoms with Crippen LogP contribution in [0.4, 0.5) is 0 Å². The molecule has 7 nitrogen and oxygen atoms in total. The zero-order valence-corrected chi connectivity index (χ0v) is 14.6. The van der Waals surface area contributed by atoms with Gasteiger partial charge in [0.2, 0.25) is 15.9 Å². The minimum absolute atomic E-state index is 0.0677. The summed E-state index contributed by atoms with van der Waals surface area (Å²) in [6.45, 7) is 3.73. The summed E-state index contributed by atoms with van der Waals surface area (Å²) in [5.41, 5.74) is 0. The number of hydrogen-bond donors (Lipinski definition) is 2. The minimum Gasteiger partial charge on any atom is -0.494 e. The molecule has 1 aromatic carbocycles. The van der Waals surface area contributed by atoms with Crippen molar-refractivity contribution in [2.75, 3.05) is 40.3 Å². The molecule has 2 N–H and O–H groups in total. The lowest BCUT2D eigenvalue weighted by Gasteiger charge is -2.17. The van der Waals surface area contributed by atoms with Gasteiger partial charge in [-0.15, -0.1) is 0 Å². The zero-order chi connectivity index (χ0) is 17.3. The Morgan fingerprint density at radius 3 is 2.43 bits per heavy atom. The second-order valence-electron chi connectivity index (χ2n) is 4.97. The highest BCUT2D eigenvalue weighted by molar-refractivity contribution is 7.89. The summed E-state index contributed by atoms with van der Waals surface area (Å²) in [5, 5.41) is 2.95. The molecule has 0 atom stereocenters. The summed E-state index contributed by atoms with van der Waals surface area (Å²) < 4.78 is 32.0. The van der Waals surface area contributed by atoms with Crippen LogP contribution >= 0.6 is 0 Å². The molecule has 0 radical (unpaired) electrons. The first-order chi connectivity index (χ1) is 10.9. The average Bonchev–Trinajstić information content (AvgIpc) is 2.53. The number of ether oxygens (including phenoxy) is 1. The highest BCUT2D eigenvalue weighted by Crippen LogP contribution is 2.15. The summed E-state index contributed by atoms with van der Waals surface area (Å²) in [6.07, 6.45) is 0.122. The molecule has 8 heteroatoms. The van der Waals surface area contributed by atoms with Gasteiger partial charge in [-0.3, -0.25) is 4.79 Å². The lowest BCUT2D eigenvalue weighted by molar-refractivity contribution is -0.129. The maximum absolute atomic E-state index is 12.1. The number of amides is 1. The van der Waals surface area contributed by atoms with Crippen LogP contribution in [-0.2, 0) is 14.8 Å². The third-order valence-corrected chi connectivity index (χ3v) is 4.68. The SMILES string of the molecule is CCOc1ccc(S(=O)(=O)NCCC(=O)N(C)CCNC)cc1. The van der Waals surface area contributed by atoms with Gasteiger partial charge in [0, 0.05) is 33.1 Å². The van der Waals surface area contributed by atoms with E-state index in [0.29, 0.717) is 25.4 Å². The van der Waals surface area contributed by atoms with Gasteiger partial charge in [0.25, 0.3) is 0 Å². The van der Waals surface area contributed by atoms with E-state index in [-0.39, 0.29) is 23.8 Å². The lowest BCUT2D eigenvalue weighted by Crippen LogP contribution is -2.35. The van der Waals surface area contributed by atoms with E-state index in [4.69, 9.17) is 4.74 Å². The maximum atomic E-state index is 12.1. The molecule has 0 aliphatic carbocycles. The Hall–Kier alpha value is -1.64. The van der Waals surface area contributed by atoms with E-state index in [0.717, 1.165) is 0 Å².